The van der Waals surface area contributed by atoms with Gasteiger partial charge in [0.15, 0.2) is 0 Å². The molecule has 0 rings (SSSR count). The third-order valence-electron chi connectivity index (χ3n) is 0.578. The zero-order chi connectivity index (χ0) is 6.95. The Kier molecular flexibility index (Phi) is 8.29. The van der Waals surface area contributed by atoms with Crippen molar-refractivity contribution in [3.05, 3.63) is 0 Å². The van der Waals surface area contributed by atoms with Gasteiger partial charge in [0, 0.05) is 6.61 Å². The summed E-state index contributed by atoms with van der Waals surface area (Å²) in [6.07, 6.45) is 0. The third-order valence-corrected chi connectivity index (χ3v) is 2.18. The van der Waals surface area contributed by atoms with Crippen LogP contribution in [0.25, 0.3) is 0 Å². The number of thioether (sulfide) groups is 2. The maximum absolute atomic E-state index is 8.08. The third kappa shape index (κ3) is 8.15. The monoisotopic (exact) mass is 163 g/mol. The molecule has 0 aromatic heterocycles. The first kappa shape index (κ1) is 9.15. The molecule has 0 fully saturated rings. The van der Waals surface area contributed by atoms with E-state index < -0.39 is 0 Å². The number of rotatable bonds is 5. The first-order valence-electron chi connectivity index (χ1n) is 2.58. The lowest BCUT2D eigenvalue weighted by Crippen LogP contribution is -1.87. The Balaban J connectivity index is 2.69. The molecule has 9 heavy (non-hydrogen) atoms. The molecule has 0 saturated heterocycles. The van der Waals surface area contributed by atoms with Gasteiger partial charge in [0.05, 0.1) is 11.0 Å². The number of nitrogens with zero attached hydrogens (tertiary/aromatic N) is 1. The van der Waals surface area contributed by atoms with Crippen molar-refractivity contribution < 1.29 is 4.74 Å². The minimum absolute atomic E-state index is 0.700. The zero-order valence-corrected chi connectivity index (χ0v) is 6.93. The standard InChI is InChI=1S/C5H9NOS2/c1-2-7-4-9-5-8-3-6/h2,4-5H2,1H3. The zero-order valence-electron chi connectivity index (χ0n) is 5.29. The fourth-order valence-electron chi connectivity index (χ4n) is 0.244. The number of nitriles is 1. The van der Waals surface area contributed by atoms with Crippen LogP contribution in [0.3, 0.4) is 0 Å². The molecule has 0 amide bonds. The molecule has 0 aromatic rings. The van der Waals surface area contributed by atoms with Gasteiger partial charge in [-0.15, -0.1) is 11.8 Å². The second-order valence-corrected chi connectivity index (χ2v) is 3.23. The Morgan fingerprint density at radius 1 is 1.67 bits per heavy atom. The van der Waals surface area contributed by atoms with Gasteiger partial charge in [-0.25, -0.2) is 0 Å². The molecular weight excluding hydrogens is 154 g/mol. The minimum atomic E-state index is 0.700. The highest BCUT2D eigenvalue weighted by Crippen LogP contribution is 2.09. The van der Waals surface area contributed by atoms with Crippen molar-refractivity contribution in [3.63, 3.8) is 0 Å². The molecule has 0 N–H and O–H groups in total. The summed E-state index contributed by atoms with van der Waals surface area (Å²) in [5.74, 6) is 0.700. The highest BCUT2D eigenvalue weighted by Gasteiger charge is 1.85. The Morgan fingerprint density at radius 2 is 2.44 bits per heavy atom. The molecule has 0 unspecified atom stereocenters. The summed E-state index contributed by atoms with van der Waals surface area (Å²) in [6.45, 7) is 2.71. The van der Waals surface area contributed by atoms with Crippen LogP contribution in [0, 0.1) is 10.7 Å². The summed E-state index contributed by atoms with van der Waals surface area (Å²) >= 11 is 2.87. The van der Waals surface area contributed by atoms with Gasteiger partial charge in [0.2, 0.25) is 0 Å². The average molecular weight is 163 g/mol. The van der Waals surface area contributed by atoms with E-state index in [9.17, 15) is 0 Å². The summed E-state index contributed by atoms with van der Waals surface area (Å²) in [7, 11) is 0. The van der Waals surface area contributed by atoms with Gasteiger partial charge < -0.3 is 4.74 Å². The van der Waals surface area contributed by atoms with Crippen molar-refractivity contribution in [2.75, 3.05) is 17.6 Å². The van der Waals surface area contributed by atoms with Gasteiger partial charge in [-0.05, 0) is 18.7 Å². The minimum Gasteiger partial charge on any atom is -0.371 e. The lowest BCUT2D eigenvalue weighted by atomic mass is 10.9. The first-order chi connectivity index (χ1) is 4.41. The van der Waals surface area contributed by atoms with E-state index in [1.807, 2.05) is 12.3 Å². The fraction of sp³-hybridized carbons (Fsp3) is 0.800. The molecule has 0 bridgehead atoms. The molecule has 0 aliphatic rings. The first-order valence-corrected chi connectivity index (χ1v) is 4.72. The number of hydrogen-bond acceptors (Lipinski definition) is 4. The van der Waals surface area contributed by atoms with Crippen molar-refractivity contribution >= 4 is 23.5 Å². The maximum Gasteiger partial charge on any atom is 0.134 e. The summed E-state index contributed by atoms with van der Waals surface area (Å²) in [5.41, 5.74) is 0. The number of ether oxygens (including phenoxy) is 1. The van der Waals surface area contributed by atoms with Crippen LogP contribution in [0.5, 0.6) is 0 Å². The maximum atomic E-state index is 8.08. The lowest BCUT2D eigenvalue weighted by Gasteiger charge is -1.95. The van der Waals surface area contributed by atoms with Crippen LogP contribution in [0.1, 0.15) is 6.92 Å². The van der Waals surface area contributed by atoms with Gasteiger partial charge in [0.25, 0.3) is 0 Å². The second kappa shape index (κ2) is 8.15. The Labute approximate surface area is 64.0 Å². The van der Waals surface area contributed by atoms with Crippen LogP contribution in [0.2, 0.25) is 0 Å². The molecule has 2 nitrogen and oxygen atoms in total. The van der Waals surface area contributed by atoms with E-state index in [1.54, 1.807) is 11.8 Å². The predicted molar refractivity (Wildman–Crippen MR) is 42.2 cm³/mol. The number of thiocyanates is 1. The van der Waals surface area contributed by atoms with Crippen molar-refractivity contribution in [2.45, 2.75) is 6.92 Å². The Morgan fingerprint density at radius 3 is 3.00 bits per heavy atom. The van der Waals surface area contributed by atoms with E-state index in [4.69, 9.17) is 10.00 Å². The van der Waals surface area contributed by atoms with Crippen molar-refractivity contribution in [1.82, 2.24) is 0 Å². The molecule has 0 atom stereocenters. The van der Waals surface area contributed by atoms with Crippen LogP contribution in [-0.2, 0) is 4.74 Å². The molecule has 4 heteroatoms. The second-order valence-electron chi connectivity index (χ2n) is 1.17. The molecule has 0 aliphatic carbocycles. The van der Waals surface area contributed by atoms with Crippen molar-refractivity contribution in [3.8, 4) is 5.40 Å². The number of hydrogen-bond donors (Lipinski definition) is 0. The summed E-state index contributed by atoms with van der Waals surface area (Å²) in [4.78, 5) is 0. The molecule has 0 saturated carbocycles. The summed E-state index contributed by atoms with van der Waals surface area (Å²) in [6, 6.07) is 0. The molecule has 0 radical (unpaired) electrons. The smallest absolute Gasteiger partial charge is 0.134 e. The SMILES string of the molecule is CCOCSCSC#N. The highest BCUT2D eigenvalue weighted by molar-refractivity contribution is 8.18. The predicted octanol–water partition coefficient (Wildman–Crippen LogP) is 1.89. The van der Waals surface area contributed by atoms with E-state index in [0.717, 1.165) is 11.7 Å². The van der Waals surface area contributed by atoms with Gasteiger partial charge in [-0.2, -0.15) is 5.26 Å². The van der Waals surface area contributed by atoms with Gasteiger partial charge in [0.1, 0.15) is 5.40 Å². The molecule has 0 aliphatic heterocycles. The average Bonchev–Trinajstić information content (AvgIpc) is 1.89. The van der Waals surface area contributed by atoms with Gasteiger partial charge >= 0.3 is 0 Å². The highest BCUT2D eigenvalue weighted by atomic mass is 32.2. The van der Waals surface area contributed by atoms with E-state index in [2.05, 4.69) is 0 Å². The topological polar surface area (TPSA) is 33.0 Å². The molecule has 0 spiro atoms. The molecular formula is C5H9NOS2. The fourth-order valence-corrected chi connectivity index (χ4v) is 1.35. The Hall–Kier alpha value is 0.150. The van der Waals surface area contributed by atoms with Gasteiger partial charge in [-0.1, -0.05) is 0 Å². The lowest BCUT2D eigenvalue weighted by molar-refractivity contribution is 0.199. The summed E-state index contributed by atoms with van der Waals surface area (Å²) in [5, 5.41) is 10.9. The van der Waals surface area contributed by atoms with Crippen LogP contribution in [-0.4, -0.2) is 17.6 Å². The quantitative estimate of drug-likeness (QED) is 0.352. The van der Waals surface area contributed by atoms with E-state index in [0.29, 0.717) is 5.94 Å². The van der Waals surface area contributed by atoms with Crippen LogP contribution >= 0.6 is 23.5 Å². The van der Waals surface area contributed by atoms with Crippen molar-refractivity contribution in [1.29, 1.82) is 5.26 Å². The molecule has 0 heterocycles. The molecule has 52 valence electrons. The van der Waals surface area contributed by atoms with E-state index in [1.165, 1.54) is 11.8 Å². The van der Waals surface area contributed by atoms with Crippen LogP contribution in [0.4, 0.5) is 0 Å². The van der Waals surface area contributed by atoms with Crippen LogP contribution < -0.4 is 0 Å². The summed E-state index contributed by atoms with van der Waals surface area (Å²) < 4.78 is 5.02. The van der Waals surface area contributed by atoms with E-state index >= 15 is 0 Å². The normalized spacial score (nSPS) is 8.89. The van der Waals surface area contributed by atoms with Gasteiger partial charge in [-0.3, -0.25) is 0 Å². The van der Waals surface area contributed by atoms with E-state index in [-0.39, 0.29) is 0 Å². The molecule has 0 aromatic carbocycles. The van der Waals surface area contributed by atoms with Crippen LogP contribution in [0.15, 0.2) is 0 Å². The Bertz CT molecular complexity index is 91.4. The van der Waals surface area contributed by atoms with Crippen molar-refractivity contribution in [2.24, 2.45) is 0 Å². The largest absolute Gasteiger partial charge is 0.371 e.